The van der Waals surface area contributed by atoms with E-state index in [1.54, 1.807) is 6.92 Å². The maximum atomic E-state index is 11.3. The van der Waals surface area contributed by atoms with Crippen LogP contribution in [0.15, 0.2) is 12.1 Å². The number of rotatable bonds is 3. The number of carbonyl (C=O) groups excluding carboxylic acids is 1. The van der Waals surface area contributed by atoms with Crippen LogP contribution in [0.3, 0.4) is 0 Å². The molecule has 0 amide bonds. The molecule has 106 valence electrons. The van der Waals surface area contributed by atoms with Gasteiger partial charge in [0.2, 0.25) is 0 Å². The maximum absolute atomic E-state index is 11.3. The molecule has 20 heavy (non-hydrogen) atoms. The second-order valence-corrected chi connectivity index (χ2v) is 5.34. The molecule has 0 aliphatic carbocycles. The van der Waals surface area contributed by atoms with Gasteiger partial charge in [0.1, 0.15) is 19.0 Å². The van der Waals surface area contributed by atoms with E-state index in [1.807, 2.05) is 19.2 Å². The van der Waals surface area contributed by atoms with Crippen molar-refractivity contribution in [2.24, 2.45) is 7.05 Å². The van der Waals surface area contributed by atoms with Crippen molar-refractivity contribution in [2.75, 3.05) is 13.2 Å². The topological polar surface area (TPSA) is 40.5 Å². The van der Waals surface area contributed by atoms with Gasteiger partial charge in [0.25, 0.3) is 0 Å². The lowest BCUT2D eigenvalue weighted by atomic mass is 10.0. The molecular weight excluding hydrogens is 254 g/mol. The van der Waals surface area contributed by atoms with Gasteiger partial charge < -0.3 is 18.8 Å². The Kier molecular flexibility index (Phi) is 3.16. The number of hydrogen-bond donors (Lipinski definition) is 0. The Morgan fingerprint density at radius 3 is 2.55 bits per heavy atom. The molecule has 0 atom stereocenters. The summed E-state index contributed by atoms with van der Waals surface area (Å²) in [5.41, 5.74) is 3.56. The first-order valence-corrected chi connectivity index (χ1v) is 6.95. The number of ketones is 1. The molecule has 4 nitrogen and oxygen atoms in total. The summed E-state index contributed by atoms with van der Waals surface area (Å²) in [4.78, 5) is 11.3. The van der Waals surface area contributed by atoms with Gasteiger partial charge in [0.05, 0.1) is 5.52 Å². The molecule has 0 fully saturated rings. The predicted molar refractivity (Wildman–Crippen MR) is 77.6 cm³/mol. The van der Waals surface area contributed by atoms with Crippen LogP contribution >= 0.6 is 0 Å². The summed E-state index contributed by atoms with van der Waals surface area (Å²) in [6.45, 7) is 4.92. The smallest absolute Gasteiger partial charge is 0.163 e. The summed E-state index contributed by atoms with van der Waals surface area (Å²) >= 11 is 0. The molecule has 0 unspecified atom stereocenters. The van der Waals surface area contributed by atoms with E-state index in [-0.39, 0.29) is 5.78 Å². The molecule has 0 N–H and O–H groups in total. The second kappa shape index (κ2) is 4.85. The van der Waals surface area contributed by atoms with E-state index in [4.69, 9.17) is 9.47 Å². The third-order valence-corrected chi connectivity index (χ3v) is 4.01. The normalized spacial score (nSPS) is 13.8. The summed E-state index contributed by atoms with van der Waals surface area (Å²) in [7, 11) is 2.05. The van der Waals surface area contributed by atoms with Gasteiger partial charge in [0, 0.05) is 30.6 Å². The Labute approximate surface area is 118 Å². The first-order valence-electron chi connectivity index (χ1n) is 6.95. The SMILES string of the molecule is CC(=O)CCc1c(C)n(C)c2cc3c(cc12)OCCO3. The Balaban J connectivity index is 2.14. The van der Waals surface area contributed by atoms with Crippen LogP contribution in [0.2, 0.25) is 0 Å². The van der Waals surface area contributed by atoms with E-state index in [0.29, 0.717) is 19.6 Å². The average molecular weight is 273 g/mol. The zero-order chi connectivity index (χ0) is 14.3. The maximum Gasteiger partial charge on any atom is 0.163 e. The van der Waals surface area contributed by atoms with E-state index >= 15 is 0 Å². The Bertz CT molecular complexity index is 685. The number of nitrogens with zero attached hydrogens (tertiary/aromatic N) is 1. The summed E-state index contributed by atoms with van der Waals surface area (Å²) in [5.74, 6) is 1.83. The van der Waals surface area contributed by atoms with Crippen LogP contribution in [0.4, 0.5) is 0 Å². The molecule has 0 radical (unpaired) electrons. The van der Waals surface area contributed by atoms with Crippen molar-refractivity contribution in [1.29, 1.82) is 0 Å². The highest BCUT2D eigenvalue weighted by Gasteiger charge is 2.18. The first kappa shape index (κ1) is 13.0. The lowest BCUT2D eigenvalue weighted by molar-refractivity contribution is -0.116. The summed E-state index contributed by atoms with van der Waals surface area (Å²) in [6, 6.07) is 4.08. The standard InChI is InChI=1S/C16H19NO3/c1-10(18)4-5-12-11(2)17(3)14-9-16-15(8-13(12)14)19-6-7-20-16/h8-9H,4-7H2,1-3H3. The van der Waals surface area contributed by atoms with Gasteiger partial charge in [-0.1, -0.05) is 0 Å². The second-order valence-electron chi connectivity index (χ2n) is 5.34. The fourth-order valence-corrected chi connectivity index (χ4v) is 2.79. The number of benzene rings is 1. The summed E-state index contributed by atoms with van der Waals surface area (Å²) < 4.78 is 13.5. The van der Waals surface area contributed by atoms with Gasteiger partial charge in [-0.05, 0) is 31.9 Å². The van der Waals surface area contributed by atoms with Gasteiger partial charge in [-0.15, -0.1) is 0 Å². The molecule has 3 rings (SSSR count). The van der Waals surface area contributed by atoms with Crippen LogP contribution in [0, 0.1) is 6.92 Å². The van der Waals surface area contributed by atoms with Gasteiger partial charge in [-0.2, -0.15) is 0 Å². The Morgan fingerprint density at radius 1 is 1.25 bits per heavy atom. The largest absolute Gasteiger partial charge is 0.486 e. The van der Waals surface area contributed by atoms with Crippen molar-refractivity contribution in [3.05, 3.63) is 23.4 Å². The van der Waals surface area contributed by atoms with Crippen LogP contribution in [0.25, 0.3) is 10.9 Å². The van der Waals surface area contributed by atoms with Crippen molar-refractivity contribution in [3.63, 3.8) is 0 Å². The third-order valence-electron chi connectivity index (χ3n) is 4.01. The molecular formula is C16H19NO3. The van der Waals surface area contributed by atoms with Gasteiger partial charge >= 0.3 is 0 Å². The molecule has 1 aliphatic rings. The van der Waals surface area contributed by atoms with Gasteiger partial charge in [0.15, 0.2) is 11.5 Å². The minimum absolute atomic E-state index is 0.221. The molecule has 0 saturated carbocycles. The molecule has 0 saturated heterocycles. The zero-order valence-electron chi connectivity index (χ0n) is 12.2. The molecule has 2 heterocycles. The number of hydrogen-bond acceptors (Lipinski definition) is 3. The van der Waals surface area contributed by atoms with Crippen LogP contribution < -0.4 is 9.47 Å². The van der Waals surface area contributed by atoms with Gasteiger partial charge in [-0.3, -0.25) is 0 Å². The highest BCUT2D eigenvalue weighted by molar-refractivity contribution is 5.89. The van der Waals surface area contributed by atoms with Crippen molar-refractivity contribution < 1.29 is 14.3 Å². The lowest BCUT2D eigenvalue weighted by Gasteiger charge is -2.18. The number of fused-ring (bicyclic) bond motifs is 2. The number of Topliss-reactive ketones (excluding diaryl/α,β-unsaturated/α-hetero) is 1. The van der Waals surface area contributed by atoms with Crippen molar-refractivity contribution in [2.45, 2.75) is 26.7 Å². The minimum Gasteiger partial charge on any atom is -0.486 e. The fourth-order valence-electron chi connectivity index (χ4n) is 2.79. The zero-order valence-corrected chi connectivity index (χ0v) is 12.2. The number of carbonyl (C=O) groups is 1. The third kappa shape index (κ3) is 2.05. The molecule has 0 spiro atoms. The molecule has 0 bridgehead atoms. The molecule has 1 aromatic heterocycles. The predicted octanol–water partition coefficient (Wildman–Crippen LogP) is 2.78. The number of aryl methyl sites for hydroxylation is 2. The average Bonchev–Trinajstić information content (AvgIpc) is 2.66. The Morgan fingerprint density at radius 2 is 1.90 bits per heavy atom. The Hall–Kier alpha value is -1.97. The van der Waals surface area contributed by atoms with Crippen LogP contribution in [-0.2, 0) is 18.3 Å². The molecule has 2 aromatic rings. The van der Waals surface area contributed by atoms with E-state index in [1.165, 1.54) is 11.3 Å². The van der Waals surface area contributed by atoms with E-state index in [2.05, 4.69) is 11.5 Å². The van der Waals surface area contributed by atoms with E-state index in [9.17, 15) is 4.79 Å². The van der Waals surface area contributed by atoms with Crippen LogP contribution in [-0.4, -0.2) is 23.6 Å². The monoisotopic (exact) mass is 273 g/mol. The summed E-state index contributed by atoms with van der Waals surface area (Å²) in [6.07, 6.45) is 1.35. The molecule has 4 heteroatoms. The van der Waals surface area contributed by atoms with Crippen LogP contribution in [0.1, 0.15) is 24.6 Å². The fraction of sp³-hybridized carbons (Fsp3) is 0.438. The quantitative estimate of drug-likeness (QED) is 0.863. The first-order chi connectivity index (χ1) is 9.58. The molecule has 1 aromatic carbocycles. The number of aromatic nitrogens is 1. The summed E-state index contributed by atoms with van der Waals surface area (Å²) in [5, 5.41) is 1.16. The molecule has 1 aliphatic heterocycles. The highest BCUT2D eigenvalue weighted by Crippen LogP contribution is 2.37. The van der Waals surface area contributed by atoms with Crippen molar-refractivity contribution in [1.82, 2.24) is 4.57 Å². The van der Waals surface area contributed by atoms with Crippen molar-refractivity contribution in [3.8, 4) is 11.5 Å². The van der Waals surface area contributed by atoms with E-state index in [0.717, 1.165) is 28.8 Å². The van der Waals surface area contributed by atoms with Crippen LogP contribution in [0.5, 0.6) is 11.5 Å². The van der Waals surface area contributed by atoms with E-state index < -0.39 is 0 Å². The highest BCUT2D eigenvalue weighted by atomic mass is 16.6. The minimum atomic E-state index is 0.221. The van der Waals surface area contributed by atoms with Gasteiger partial charge in [-0.25, -0.2) is 0 Å². The lowest BCUT2D eigenvalue weighted by Crippen LogP contribution is -2.15. The van der Waals surface area contributed by atoms with Crippen molar-refractivity contribution >= 4 is 16.7 Å². The number of ether oxygens (including phenoxy) is 2.